The first-order valence-corrected chi connectivity index (χ1v) is 10.1. The summed E-state index contributed by atoms with van der Waals surface area (Å²) in [5.41, 5.74) is 3.22. The summed E-state index contributed by atoms with van der Waals surface area (Å²) in [6.45, 7) is 0. The van der Waals surface area contributed by atoms with Gasteiger partial charge < -0.3 is 4.74 Å². The summed E-state index contributed by atoms with van der Waals surface area (Å²) in [6.07, 6.45) is 5.32. The molecule has 2 aliphatic rings. The van der Waals surface area contributed by atoms with E-state index in [2.05, 4.69) is 6.08 Å². The first-order valence-electron chi connectivity index (χ1n) is 10.1. The van der Waals surface area contributed by atoms with Gasteiger partial charge in [0.15, 0.2) is 5.78 Å². The van der Waals surface area contributed by atoms with Crippen LogP contribution < -0.4 is 4.74 Å². The molecule has 0 unspecified atom stereocenters. The number of ether oxygens (including phenoxy) is 1. The van der Waals surface area contributed by atoms with E-state index in [0.29, 0.717) is 5.56 Å². The van der Waals surface area contributed by atoms with E-state index in [1.54, 1.807) is 0 Å². The van der Waals surface area contributed by atoms with Crippen LogP contribution in [0.3, 0.4) is 0 Å². The van der Waals surface area contributed by atoms with E-state index in [9.17, 15) is 13.6 Å². The first-order chi connectivity index (χ1) is 14.5. The van der Waals surface area contributed by atoms with Crippen LogP contribution in [-0.2, 0) is 6.42 Å². The lowest BCUT2D eigenvalue weighted by molar-refractivity contribution is 0.0377. The van der Waals surface area contributed by atoms with Crippen molar-refractivity contribution in [3.8, 4) is 5.75 Å². The monoisotopic (exact) mass is 402 g/mol. The molecule has 0 aromatic heterocycles. The highest BCUT2D eigenvalue weighted by atomic mass is 19.1. The van der Waals surface area contributed by atoms with Gasteiger partial charge in [-0.3, -0.25) is 4.79 Å². The lowest BCUT2D eigenvalue weighted by Gasteiger charge is -2.43. The van der Waals surface area contributed by atoms with Gasteiger partial charge in [0.05, 0.1) is 5.56 Å². The summed E-state index contributed by atoms with van der Waals surface area (Å²) < 4.78 is 34.0. The molecule has 1 fully saturated rings. The number of hydrogen-bond donors (Lipinski definition) is 0. The zero-order valence-corrected chi connectivity index (χ0v) is 16.3. The quantitative estimate of drug-likeness (QED) is 0.490. The second kappa shape index (κ2) is 7.21. The molecule has 4 heteroatoms. The largest absolute Gasteiger partial charge is 0.483 e. The minimum Gasteiger partial charge on any atom is -0.483 e. The average molecular weight is 402 g/mol. The third-order valence-electron chi connectivity index (χ3n) is 5.97. The summed E-state index contributed by atoms with van der Waals surface area (Å²) in [4.78, 5) is 12.4. The van der Waals surface area contributed by atoms with Gasteiger partial charge >= 0.3 is 0 Å². The van der Waals surface area contributed by atoms with E-state index in [-0.39, 0.29) is 12.0 Å². The molecule has 1 aliphatic carbocycles. The maximum Gasteiger partial charge on any atom is 0.173 e. The zero-order valence-electron chi connectivity index (χ0n) is 16.3. The number of ketones is 1. The predicted molar refractivity (Wildman–Crippen MR) is 112 cm³/mol. The minimum atomic E-state index is -0.827. The van der Waals surface area contributed by atoms with Gasteiger partial charge in [-0.25, -0.2) is 8.78 Å². The number of benzene rings is 3. The van der Waals surface area contributed by atoms with Gasteiger partial charge in [0, 0.05) is 12.0 Å². The topological polar surface area (TPSA) is 26.3 Å². The third kappa shape index (κ3) is 3.22. The molecule has 0 N–H and O–H groups in total. The van der Waals surface area contributed by atoms with Gasteiger partial charge in [-0.1, -0.05) is 48.5 Å². The number of Topliss-reactive ketones (excluding diaryl/α,β-unsaturated/α-hetero) is 1. The van der Waals surface area contributed by atoms with Crippen molar-refractivity contribution in [3.63, 3.8) is 0 Å². The molecule has 5 rings (SSSR count). The Bertz CT molecular complexity index is 1140. The van der Waals surface area contributed by atoms with Crippen LogP contribution in [0.4, 0.5) is 8.78 Å². The fourth-order valence-electron chi connectivity index (χ4n) is 4.22. The summed E-state index contributed by atoms with van der Waals surface area (Å²) in [7, 11) is 0. The van der Waals surface area contributed by atoms with Gasteiger partial charge in [0.1, 0.15) is 23.0 Å². The van der Waals surface area contributed by atoms with E-state index in [0.717, 1.165) is 53.8 Å². The Morgan fingerprint density at radius 2 is 1.60 bits per heavy atom. The summed E-state index contributed by atoms with van der Waals surface area (Å²) in [5.74, 6) is -1.33. The highest BCUT2D eigenvalue weighted by Gasteiger charge is 2.41. The molecule has 0 saturated heterocycles. The number of hydrogen-bond acceptors (Lipinski definition) is 2. The summed E-state index contributed by atoms with van der Waals surface area (Å²) in [5, 5.41) is 0. The molecule has 3 aromatic carbocycles. The van der Waals surface area contributed by atoms with E-state index in [1.807, 2.05) is 48.5 Å². The van der Waals surface area contributed by atoms with Crippen LogP contribution in [0.1, 0.15) is 46.3 Å². The lowest BCUT2D eigenvalue weighted by atomic mass is 9.75. The van der Waals surface area contributed by atoms with Crippen LogP contribution >= 0.6 is 0 Å². The molecule has 1 spiro atoms. The third-order valence-corrected chi connectivity index (χ3v) is 5.97. The highest BCUT2D eigenvalue weighted by molar-refractivity contribution is 5.98. The molecule has 0 bridgehead atoms. The van der Waals surface area contributed by atoms with Gasteiger partial charge in [-0.15, -0.1) is 0 Å². The number of carbonyl (C=O) groups is 1. The SMILES string of the molecule is O=C(Cc1ccc(C2=CC3(CCC3)Oc3ccccc32)cc1)c1c(F)cccc1F. The van der Waals surface area contributed by atoms with E-state index in [1.165, 1.54) is 6.07 Å². The fourth-order valence-corrected chi connectivity index (χ4v) is 4.22. The van der Waals surface area contributed by atoms with Crippen molar-refractivity contribution in [1.82, 2.24) is 0 Å². The standard InChI is InChI=1S/C26H20F2O2/c27-21-6-3-7-22(28)25(21)23(29)15-17-9-11-18(12-10-17)20-16-26(13-4-14-26)30-24-8-2-1-5-19(20)24/h1-3,5-12,16H,4,13-15H2. The maximum absolute atomic E-state index is 13.9. The zero-order chi connectivity index (χ0) is 20.7. The van der Waals surface area contributed by atoms with Crippen LogP contribution in [0.25, 0.3) is 5.57 Å². The molecule has 30 heavy (non-hydrogen) atoms. The molecule has 0 radical (unpaired) electrons. The van der Waals surface area contributed by atoms with Crippen molar-refractivity contribution in [2.75, 3.05) is 0 Å². The first kappa shape index (κ1) is 18.7. The molecule has 1 aliphatic heterocycles. The number of rotatable bonds is 4. The number of para-hydroxylation sites is 1. The smallest absolute Gasteiger partial charge is 0.173 e. The second-order valence-corrected chi connectivity index (χ2v) is 7.97. The van der Waals surface area contributed by atoms with Gasteiger partial charge in [0.2, 0.25) is 0 Å². The maximum atomic E-state index is 13.9. The Labute approximate surface area is 173 Å². The Morgan fingerprint density at radius 3 is 2.27 bits per heavy atom. The second-order valence-electron chi connectivity index (χ2n) is 7.97. The Balaban J connectivity index is 1.43. The molecule has 2 nitrogen and oxygen atoms in total. The van der Waals surface area contributed by atoms with Gasteiger partial charge in [-0.05, 0) is 60.2 Å². The Kier molecular flexibility index (Phi) is 4.50. The molecule has 150 valence electrons. The highest BCUT2D eigenvalue weighted by Crippen LogP contribution is 2.47. The molecular weight excluding hydrogens is 382 g/mol. The molecule has 1 heterocycles. The lowest BCUT2D eigenvalue weighted by Crippen LogP contribution is -2.43. The Morgan fingerprint density at radius 1 is 0.900 bits per heavy atom. The van der Waals surface area contributed by atoms with Crippen LogP contribution in [0.5, 0.6) is 5.75 Å². The number of halogens is 2. The van der Waals surface area contributed by atoms with Crippen LogP contribution in [0, 0.1) is 11.6 Å². The number of fused-ring (bicyclic) bond motifs is 1. The van der Waals surface area contributed by atoms with Crippen molar-refractivity contribution >= 4 is 11.4 Å². The Hall–Kier alpha value is -3.27. The van der Waals surface area contributed by atoms with Crippen molar-refractivity contribution in [3.05, 3.63) is 107 Å². The molecule has 0 amide bonds. The molecule has 1 saturated carbocycles. The van der Waals surface area contributed by atoms with Crippen LogP contribution in [0.15, 0.2) is 72.8 Å². The van der Waals surface area contributed by atoms with Crippen molar-refractivity contribution in [2.24, 2.45) is 0 Å². The van der Waals surface area contributed by atoms with Crippen LogP contribution in [0.2, 0.25) is 0 Å². The van der Waals surface area contributed by atoms with Crippen LogP contribution in [-0.4, -0.2) is 11.4 Å². The summed E-state index contributed by atoms with van der Waals surface area (Å²) >= 11 is 0. The van der Waals surface area contributed by atoms with E-state index >= 15 is 0 Å². The molecule has 3 aromatic rings. The fraction of sp³-hybridized carbons (Fsp3) is 0.192. The normalized spacial score (nSPS) is 16.3. The van der Waals surface area contributed by atoms with Crippen molar-refractivity contribution in [1.29, 1.82) is 0 Å². The molecular formula is C26H20F2O2. The van der Waals surface area contributed by atoms with Crippen molar-refractivity contribution in [2.45, 2.75) is 31.3 Å². The molecule has 0 atom stereocenters. The average Bonchev–Trinajstić information content (AvgIpc) is 2.72. The minimum absolute atomic E-state index is 0.0547. The van der Waals surface area contributed by atoms with E-state index < -0.39 is 23.0 Å². The van der Waals surface area contributed by atoms with Gasteiger partial charge in [0.25, 0.3) is 0 Å². The predicted octanol–water partition coefficient (Wildman–Crippen LogP) is 6.14. The number of carbonyl (C=O) groups excluding carboxylic acids is 1. The van der Waals surface area contributed by atoms with Gasteiger partial charge in [-0.2, -0.15) is 0 Å². The van der Waals surface area contributed by atoms with Crippen molar-refractivity contribution < 1.29 is 18.3 Å². The summed E-state index contributed by atoms with van der Waals surface area (Å²) in [6, 6.07) is 19.1. The van der Waals surface area contributed by atoms with E-state index in [4.69, 9.17) is 4.74 Å².